The molecule has 0 aliphatic heterocycles. The van der Waals surface area contributed by atoms with E-state index >= 15 is 0 Å². The SMILES string of the molecule is COc1ccc(CCNC(=O)/C(C#N)=C\NCCCCCC(=O)O)cc1OC. The van der Waals surface area contributed by atoms with Crippen LogP contribution in [0.15, 0.2) is 30.0 Å². The highest BCUT2D eigenvalue weighted by Gasteiger charge is 2.09. The van der Waals surface area contributed by atoms with Gasteiger partial charge in [-0.3, -0.25) is 9.59 Å². The van der Waals surface area contributed by atoms with Gasteiger partial charge < -0.3 is 25.2 Å². The number of benzene rings is 1. The molecule has 1 rings (SSSR count). The summed E-state index contributed by atoms with van der Waals surface area (Å²) in [5.41, 5.74) is 0.970. The summed E-state index contributed by atoms with van der Waals surface area (Å²) in [6, 6.07) is 7.41. The average molecular weight is 389 g/mol. The molecule has 0 spiro atoms. The molecule has 8 heteroatoms. The Labute approximate surface area is 165 Å². The molecule has 1 aromatic rings. The molecule has 0 saturated heterocycles. The lowest BCUT2D eigenvalue weighted by atomic mass is 10.1. The molecular formula is C20H27N3O5. The van der Waals surface area contributed by atoms with Gasteiger partial charge in [0.15, 0.2) is 11.5 Å². The van der Waals surface area contributed by atoms with Crippen LogP contribution >= 0.6 is 0 Å². The summed E-state index contributed by atoms with van der Waals surface area (Å²) in [6.45, 7) is 0.951. The smallest absolute Gasteiger partial charge is 0.303 e. The highest BCUT2D eigenvalue weighted by atomic mass is 16.5. The van der Waals surface area contributed by atoms with Gasteiger partial charge in [0.2, 0.25) is 0 Å². The van der Waals surface area contributed by atoms with Crippen molar-refractivity contribution in [1.29, 1.82) is 5.26 Å². The van der Waals surface area contributed by atoms with Gasteiger partial charge in [0.05, 0.1) is 14.2 Å². The van der Waals surface area contributed by atoms with Gasteiger partial charge in [-0.1, -0.05) is 12.5 Å². The van der Waals surface area contributed by atoms with Crippen molar-refractivity contribution in [1.82, 2.24) is 10.6 Å². The molecular weight excluding hydrogens is 362 g/mol. The Morgan fingerprint density at radius 3 is 2.54 bits per heavy atom. The maximum Gasteiger partial charge on any atom is 0.303 e. The third kappa shape index (κ3) is 8.45. The van der Waals surface area contributed by atoms with E-state index < -0.39 is 11.9 Å². The van der Waals surface area contributed by atoms with Gasteiger partial charge in [0, 0.05) is 25.7 Å². The van der Waals surface area contributed by atoms with E-state index in [0.29, 0.717) is 37.4 Å². The minimum atomic E-state index is -0.802. The maximum atomic E-state index is 12.1. The van der Waals surface area contributed by atoms with Crippen LogP contribution in [0.4, 0.5) is 0 Å². The number of methoxy groups -OCH3 is 2. The van der Waals surface area contributed by atoms with Crippen molar-refractivity contribution in [2.75, 3.05) is 27.3 Å². The molecule has 0 aromatic heterocycles. The fraction of sp³-hybridized carbons (Fsp3) is 0.450. The summed E-state index contributed by atoms with van der Waals surface area (Å²) >= 11 is 0. The van der Waals surface area contributed by atoms with Crippen molar-refractivity contribution in [3.63, 3.8) is 0 Å². The van der Waals surface area contributed by atoms with Crippen LogP contribution in [0.3, 0.4) is 0 Å². The first-order chi connectivity index (χ1) is 13.5. The zero-order valence-corrected chi connectivity index (χ0v) is 16.3. The highest BCUT2D eigenvalue weighted by Crippen LogP contribution is 2.27. The van der Waals surface area contributed by atoms with Crippen molar-refractivity contribution in [2.24, 2.45) is 0 Å². The number of ether oxygens (including phenoxy) is 2. The van der Waals surface area contributed by atoms with Crippen LogP contribution in [-0.4, -0.2) is 44.3 Å². The monoisotopic (exact) mass is 389 g/mol. The predicted molar refractivity (Wildman–Crippen MR) is 104 cm³/mol. The van der Waals surface area contributed by atoms with E-state index in [4.69, 9.17) is 19.8 Å². The standard InChI is InChI=1S/C20H27N3O5/c1-27-17-8-7-15(12-18(17)28-2)9-11-23-20(26)16(13-21)14-22-10-5-3-4-6-19(24)25/h7-8,12,14,22H,3-6,9-11H2,1-2H3,(H,23,26)(H,24,25)/b16-14-. The number of nitrogens with one attached hydrogen (secondary N) is 2. The number of amides is 1. The van der Waals surface area contributed by atoms with E-state index in [9.17, 15) is 9.59 Å². The largest absolute Gasteiger partial charge is 0.493 e. The number of aliphatic carboxylic acids is 1. The number of unbranched alkanes of at least 4 members (excludes halogenated alkanes) is 2. The van der Waals surface area contributed by atoms with Gasteiger partial charge in [-0.25, -0.2) is 0 Å². The molecule has 8 nitrogen and oxygen atoms in total. The molecule has 0 radical (unpaired) electrons. The Hall–Kier alpha value is -3.21. The second kappa shape index (κ2) is 13.0. The summed E-state index contributed by atoms with van der Waals surface area (Å²) in [6.07, 6.45) is 4.28. The zero-order chi connectivity index (χ0) is 20.8. The molecule has 0 aliphatic carbocycles. The Morgan fingerprint density at radius 2 is 1.89 bits per heavy atom. The Morgan fingerprint density at radius 1 is 1.14 bits per heavy atom. The zero-order valence-electron chi connectivity index (χ0n) is 16.3. The quantitative estimate of drug-likeness (QED) is 0.268. The second-order valence-electron chi connectivity index (χ2n) is 6.02. The second-order valence-corrected chi connectivity index (χ2v) is 6.02. The summed E-state index contributed by atoms with van der Waals surface area (Å²) in [7, 11) is 3.13. The first kappa shape index (κ1) is 22.8. The van der Waals surface area contributed by atoms with E-state index in [1.165, 1.54) is 6.20 Å². The molecule has 28 heavy (non-hydrogen) atoms. The number of carbonyl (C=O) groups excluding carboxylic acids is 1. The van der Waals surface area contributed by atoms with Gasteiger partial charge in [-0.15, -0.1) is 0 Å². The van der Waals surface area contributed by atoms with Crippen molar-refractivity contribution in [2.45, 2.75) is 32.1 Å². The normalized spacial score (nSPS) is 10.7. The number of carbonyl (C=O) groups is 2. The lowest BCUT2D eigenvalue weighted by Gasteiger charge is -2.10. The first-order valence-electron chi connectivity index (χ1n) is 9.06. The maximum absolute atomic E-state index is 12.1. The van der Waals surface area contributed by atoms with E-state index in [1.807, 2.05) is 18.2 Å². The number of carboxylic acids is 1. The summed E-state index contributed by atoms with van der Waals surface area (Å²) in [5.74, 6) is 0.0150. The van der Waals surface area contributed by atoms with Crippen molar-refractivity contribution >= 4 is 11.9 Å². The van der Waals surface area contributed by atoms with Gasteiger partial charge >= 0.3 is 5.97 Å². The highest BCUT2D eigenvalue weighted by molar-refractivity contribution is 5.97. The molecule has 3 N–H and O–H groups in total. The van der Waals surface area contributed by atoms with Crippen LogP contribution in [0.1, 0.15) is 31.2 Å². The fourth-order valence-corrected chi connectivity index (χ4v) is 2.45. The van der Waals surface area contributed by atoms with Crippen LogP contribution in [-0.2, 0) is 16.0 Å². The fourth-order valence-electron chi connectivity index (χ4n) is 2.45. The van der Waals surface area contributed by atoms with Crippen molar-refractivity contribution in [3.05, 3.63) is 35.5 Å². The molecule has 1 amide bonds. The molecule has 0 aliphatic rings. The lowest BCUT2D eigenvalue weighted by molar-refractivity contribution is -0.137. The van der Waals surface area contributed by atoms with Crippen LogP contribution in [0, 0.1) is 11.3 Å². The minimum Gasteiger partial charge on any atom is -0.493 e. The average Bonchev–Trinajstić information content (AvgIpc) is 2.69. The number of rotatable bonds is 13. The third-order valence-corrected chi connectivity index (χ3v) is 3.97. The molecule has 0 atom stereocenters. The van der Waals surface area contributed by atoms with Crippen LogP contribution in [0.5, 0.6) is 11.5 Å². The minimum absolute atomic E-state index is 0.00199. The summed E-state index contributed by atoms with van der Waals surface area (Å²) < 4.78 is 10.4. The molecule has 0 saturated carbocycles. The molecule has 0 unspecified atom stereocenters. The first-order valence-corrected chi connectivity index (χ1v) is 9.06. The van der Waals surface area contributed by atoms with Gasteiger partial charge in [-0.05, 0) is 37.0 Å². The predicted octanol–water partition coefficient (Wildman–Crippen LogP) is 2.00. The molecule has 152 valence electrons. The number of hydrogen-bond acceptors (Lipinski definition) is 6. The molecule has 1 aromatic carbocycles. The number of nitriles is 1. The molecule has 0 fully saturated rings. The van der Waals surface area contributed by atoms with Crippen molar-refractivity contribution < 1.29 is 24.2 Å². The van der Waals surface area contributed by atoms with Crippen LogP contribution in [0.2, 0.25) is 0 Å². The van der Waals surface area contributed by atoms with E-state index in [2.05, 4.69) is 10.6 Å². The molecule has 0 bridgehead atoms. The third-order valence-electron chi connectivity index (χ3n) is 3.97. The van der Waals surface area contributed by atoms with E-state index in [0.717, 1.165) is 18.4 Å². The number of nitrogens with zero attached hydrogens (tertiary/aromatic N) is 1. The molecule has 0 heterocycles. The topological polar surface area (TPSA) is 121 Å². The van der Waals surface area contributed by atoms with Gasteiger partial charge in [0.25, 0.3) is 5.91 Å². The Kier molecular flexibility index (Phi) is 10.6. The summed E-state index contributed by atoms with van der Waals surface area (Å²) in [4.78, 5) is 22.5. The number of carboxylic acid groups (broad SMARTS) is 1. The lowest BCUT2D eigenvalue weighted by Crippen LogP contribution is -2.27. The summed E-state index contributed by atoms with van der Waals surface area (Å²) in [5, 5.41) is 23.3. The van der Waals surface area contributed by atoms with Gasteiger partial charge in [0.1, 0.15) is 11.6 Å². The van der Waals surface area contributed by atoms with Gasteiger partial charge in [-0.2, -0.15) is 5.26 Å². The van der Waals surface area contributed by atoms with Crippen molar-refractivity contribution in [3.8, 4) is 17.6 Å². The number of hydrogen-bond donors (Lipinski definition) is 3. The Bertz CT molecular complexity index is 725. The van der Waals surface area contributed by atoms with E-state index in [-0.39, 0.29) is 12.0 Å². The van der Waals surface area contributed by atoms with Crippen LogP contribution < -0.4 is 20.1 Å². The van der Waals surface area contributed by atoms with Crippen LogP contribution in [0.25, 0.3) is 0 Å². The van der Waals surface area contributed by atoms with E-state index in [1.54, 1.807) is 20.3 Å². The Balaban J connectivity index is 2.37.